The summed E-state index contributed by atoms with van der Waals surface area (Å²) >= 11 is 0. The number of carboxylic acid groups (broad SMARTS) is 1. The SMILES string of the molecule is C/C(=C/C[C@H]1[C@]2(C)CCCC(C)(C)[C@H]2CC[C@@]1(C)O)CC(=O)O. The first kappa shape index (κ1) is 18.5. The lowest BCUT2D eigenvalue weighted by molar-refractivity contribution is -0.165. The second kappa shape index (κ2) is 6.23. The fraction of sp³-hybridized carbons (Fsp3) is 0.850. The number of aliphatic carboxylic acids is 1. The fourth-order valence-corrected chi connectivity index (χ4v) is 5.78. The summed E-state index contributed by atoms with van der Waals surface area (Å²) in [6, 6.07) is 0. The van der Waals surface area contributed by atoms with Crippen LogP contribution >= 0.6 is 0 Å². The van der Waals surface area contributed by atoms with E-state index in [0.717, 1.165) is 24.8 Å². The first-order chi connectivity index (χ1) is 10.5. The molecule has 23 heavy (non-hydrogen) atoms. The van der Waals surface area contributed by atoms with Gasteiger partial charge in [0.25, 0.3) is 0 Å². The molecule has 0 heterocycles. The molecule has 2 fully saturated rings. The van der Waals surface area contributed by atoms with Crippen LogP contribution in [0.1, 0.15) is 79.6 Å². The van der Waals surface area contributed by atoms with Crippen molar-refractivity contribution in [3.63, 3.8) is 0 Å². The first-order valence-corrected chi connectivity index (χ1v) is 9.09. The van der Waals surface area contributed by atoms with E-state index in [9.17, 15) is 9.90 Å². The molecule has 0 aromatic heterocycles. The molecule has 4 atom stereocenters. The number of fused-ring (bicyclic) bond motifs is 1. The predicted octanol–water partition coefficient (Wildman–Crippen LogP) is 4.79. The van der Waals surface area contributed by atoms with Gasteiger partial charge in [-0.25, -0.2) is 0 Å². The zero-order valence-electron chi connectivity index (χ0n) is 15.5. The molecular weight excluding hydrogens is 288 g/mol. The summed E-state index contributed by atoms with van der Waals surface area (Å²) in [7, 11) is 0. The molecule has 2 aliphatic carbocycles. The predicted molar refractivity (Wildman–Crippen MR) is 93.2 cm³/mol. The lowest BCUT2D eigenvalue weighted by atomic mass is 9.45. The van der Waals surface area contributed by atoms with E-state index in [1.807, 2.05) is 13.8 Å². The highest BCUT2D eigenvalue weighted by atomic mass is 16.4. The normalized spacial score (nSPS) is 40.5. The van der Waals surface area contributed by atoms with Crippen LogP contribution in [0.4, 0.5) is 0 Å². The number of allylic oxidation sites excluding steroid dienone is 1. The van der Waals surface area contributed by atoms with Crippen molar-refractivity contribution in [3.8, 4) is 0 Å². The number of hydrogen-bond donors (Lipinski definition) is 2. The smallest absolute Gasteiger partial charge is 0.307 e. The third-order valence-electron chi connectivity index (χ3n) is 6.89. The summed E-state index contributed by atoms with van der Waals surface area (Å²) in [5.41, 5.74) is 0.720. The summed E-state index contributed by atoms with van der Waals surface area (Å²) in [6.07, 6.45) is 8.57. The Labute approximate surface area is 141 Å². The Morgan fingerprint density at radius 1 is 1.17 bits per heavy atom. The van der Waals surface area contributed by atoms with E-state index >= 15 is 0 Å². The van der Waals surface area contributed by atoms with Crippen LogP contribution in [0.3, 0.4) is 0 Å². The molecule has 0 saturated heterocycles. The van der Waals surface area contributed by atoms with E-state index in [1.165, 1.54) is 19.3 Å². The summed E-state index contributed by atoms with van der Waals surface area (Å²) in [4.78, 5) is 10.9. The molecule has 0 aliphatic heterocycles. The second-order valence-electron chi connectivity index (χ2n) is 9.21. The van der Waals surface area contributed by atoms with Gasteiger partial charge in [-0.3, -0.25) is 4.79 Å². The molecule has 2 N–H and O–H groups in total. The van der Waals surface area contributed by atoms with E-state index in [0.29, 0.717) is 11.3 Å². The van der Waals surface area contributed by atoms with E-state index < -0.39 is 11.6 Å². The van der Waals surface area contributed by atoms with Crippen LogP contribution in [0.15, 0.2) is 11.6 Å². The molecule has 0 spiro atoms. The van der Waals surface area contributed by atoms with Crippen LogP contribution in [0, 0.1) is 22.7 Å². The van der Waals surface area contributed by atoms with Crippen LogP contribution in [-0.2, 0) is 4.79 Å². The zero-order valence-corrected chi connectivity index (χ0v) is 15.5. The minimum Gasteiger partial charge on any atom is -0.481 e. The number of carboxylic acids is 1. The van der Waals surface area contributed by atoms with Crippen molar-refractivity contribution >= 4 is 5.97 Å². The van der Waals surface area contributed by atoms with Crippen molar-refractivity contribution in [1.82, 2.24) is 0 Å². The molecule has 0 bridgehead atoms. The van der Waals surface area contributed by atoms with Crippen molar-refractivity contribution in [1.29, 1.82) is 0 Å². The van der Waals surface area contributed by atoms with E-state index in [4.69, 9.17) is 5.11 Å². The van der Waals surface area contributed by atoms with Gasteiger partial charge in [0, 0.05) is 0 Å². The van der Waals surface area contributed by atoms with Gasteiger partial charge in [-0.15, -0.1) is 0 Å². The summed E-state index contributed by atoms with van der Waals surface area (Å²) in [5.74, 6) is 0.0660. The van der Waals surface area contributed by atoms with Crippen LogP contribution in [-0.4, -0.2) is 21.8 Å². The molecule has 2 aliphatic rings. The van der Waals surface area contributed by atoms with Crippen LogP contribution in [0.2, 0.25) is 0 Å². The Kier molecular flexibility index (Phi) is 5.02. The molecular formula is C20H34O3. The number of hydrogen-bond acceptors (Lipinski definition) is 2. The molecule has 2 rings (SSSR count). The van der Waals surface area contributed by atoms with Crippen LogP contribution in [0.5, 0.6) is 0 Å². The molecule has 132 valence electrons. The van der Waals surface area contributed by atoms with Gasteiger partial charge in [0.05, 0.1) is 12.0 Å². The van der Waals surface area contributed by atoms with E-state index in [2.05, 4.69) is 26.8 Å². The van der Waals surface area contributed by atoms with Gasteiger partial charge >= 0.3 is 5.97 Å². The highest BCUT2D eigenvalue weighted by Gasteiger charge is 2.57. The maximum absolute atomic E-state index is 11.1. The molecule has 3 nitrogen and oxygen atoms in total. The first-order valence-electron chi connectivity index (χ1n) is 9.09. The van der Waals surface area contributed by atoms with Gasteiger partial charge in [-0.2, -0.15) is 0 Å². The average molecular weight is 322 g/mol. The van der Waals surface area contributed by atoms with Crippen molar-refractivity contribution in [3.05, 3.63) is 11.6 Å². The summed E-state index contributed by atoms with van der Waals surface area (Å²) < 4.78 is 0. The van der Waals surface area contributed by atoms with Crippen molar-refractivity contribution in [2.75, 3.05) is 0 Å². The highest BCUT2D eigenvalue weighted by molar-refractivity contribution is 5.69. The number of rotatable bonds is 4. The summed E-state index contributed by atoms with van der Waals surface area (Å²) in [6.45, 7) is 11.0. The van der Waals surface area contributed by atoms with Gasteiger partial charge < -0.3 is 10.2 Å². The minimum atomic E-state index is -0.781. The minimum absolute atomic E-state index is 0.0977. The van der Waals surface area contributed by atoms with E-state index in [-0.39, 0.29) is 17.8 Å². The van der Waals surface area contributed by atoms with E-state index in [1.54, 1.807) is 0 Å². The van der Waals surface area contributed by atoms with Crippen LogP contribution in [0.25, 0.3) is 0 Å². The highest BCUT2D eigenvalue weighted by Crippen LogP contribution is 2.62. The monoisotopic (exact) mass is 322 g/mol. The second-order valence-corrected chi connectivity index (χ2v) is 9.21. The van der Waals surface area contributed by atoms with Crippen molar-refractivity contribution in [2.45, 2.75) is 85.2 Å². The lowest BCUT2D eigenvalue weighted by Gasteiger charge is -2.61. The Morgan fingerprint density at radius 3 is 2.43 bits per heavy atom. The Hall–Kier alpha value is -0.830. The Balaban J connectivity index is 2.27. The van der Waals surface area contributed by atoms with Gasteiger partial charge in [-0.1, -0.05) is 38.8 Å². The zero-order chi connectivity index (χ0) is 17.5. The molecule has 0 amide bonds. The molecule has 0 aromatic rings. The van der Waals surface area contributed by atoms with Gasteiger partial charge in [0.1, 0.15) is 0 Å². The van der Waals surface area contributed by atoms with Gasteiger partial charge in [-0.05, 0) is 68.6 Å². The van der Waals surface area contributed by atoms with Gasteiger partial charge in [0.2, 0.25) is 0 Å². The third kappa shape index (κ3) is 3.65. The molecule has 2 saturated carbocycles. The number of aliphatic hydroxyl groups is 1. The lowest BCUT2D eigenvalue weighted by Crippen LogP contribution is -2.57. The third-order valence-corrected chi connectivity index (χ3v) is 6.89. The average Bonchev–Trinajstić information content (AvgIpc) is 2.34. The molecule has 3 heteroatoms. The van der Waals surface area contributed by atoms with Crippen molar-refractivity contribution < 1.29 is 15.0 Å². The summed E-state index contributed by atoms with van der Waals surface area (Å²) in [5, 5.41) is 20.0. The standard InChI is InChI=1S/C20H34O3/c1-14(13-17(21)22)7-8-16-19(4)11-6-10-18(2,3)15(19)9-12-20(16,5)23/h7,15-16,23H,6,8-13H2,1-5H3,(H,21,22)/b14-7-/t15-,16+,19-,20-/m1/s1. The Bertz CT molecular complexity index is 489. The maximum atomic E-state index is 11.1. The van der Waals surface area contributed by atoms with Crippen LogP contribution < -0.4 is 0 Å². The van der Waals surface area contributed by atoms with Crippen molar-refractivity contribution in [2.24, 2.45) is 22.7 Å². The largest absolute Gasteiger partial charge is 0.481 e. The fourth-order valence-electron chi connectivity index (χ4n) is 5.78. The Morgan fingerprint density at radius 2 is 1.83 bits per heavy atom. The quantitative estimate of drug-likeness (QED) is 0.732. The van der Waals surface area contributed by atoms with Gasteiger partial charge in [0.15, 0.2) is 0 Å². The maximum Gasteiger partial charge on any atom is 0.307 e. The number of carbonyl (C=O) groups is 1. The molecule has 0 radical (unpaired) electrons. The molecule has 0 aromatic carbocycles. The molecule has 0 unspecified atom stereocenters. The topological polar surface area (TPSA) is 57.5 Å².